The van der Waals surface area contributed by atoms with Gasteiger partial charge in [0.25, 0.3) is 0 Å². The minimum atomic E-state index is -0.329. The van der Waals surface area contributed by atoms with Crippen molar-refractivity contribution >= 4 is 5.91 Å². The van der Waals surface area contributed by atoms with E-state index in [-0.39, 0.29) is 17.3 Å². The summed E-state index contributed by atoms with van der Waals surface area (Å²) < 4.78 is 19.2. The van der Waals surface area contributed by atoms with Crippen molar-refractivity contribution in [3.05, 3.63) is 36.0 Å². The molecule has 2 saturated heterocycles. The molecule has 4 rings (SSSR count). The molecule has 2 fully saturated rings. The van der Waals surface area contributed by atoms with Crippen LogP contribution in [-0.2, 0) is 11.3 Å². The summed E-state index contributed by atoms with van der Waals surface area (Å²) in [4.78, 5) is 16.4. The van der Waals surface area contributed by atoms with Crippen molar-refractivity contribution in [3.8, 4) is 11.5 Å². The number of hydrogen-bond acceptors (Lipinski definition) is 6. The number of nitrogens with one attached hydrogen (secondary N) is 1. The van der Waals surface area contributed by atoms with Gasteiger partial charge in [0.2, 0.25) is 17.7 Å². The second-order valence-electron chi connectivity index (χ2n) is 7.47. The zero-order valence-electron chi connectivity index (χ0n) is 15.4. The van der Waals surface area contributed by atoms with Gasteiger partial charge in [0, 0.05) is 43.7 Å². The third-order valence-corrected chi connectivity index (χ3v) is 5.71. The second-order valence-corrected chi connectivity index (χ2v) is 7.47. The Kier molecular flexibility index (Phi) is 4.92. The van der Waals surface area contributed by atoms with E-state index in [1.54, 1.807) is 12.1 Å². The van der Waals surface area contributed by atoms with Crippen LogP contribution >= 0.6 is 0 Å². The average molecular weight is 373 g/mol. The van der Waals surface area contributed by atoms with Crippen LogP contribution in [0.4, 0.5) is 4.39 Å². The molecule has 2 aromatic rings. The SMILES string of the molecule is CN1CCN(Cc2nnc(-c3cccc(F)c3)o2)CC12CCNC(=O)CC2. The van der Waals surface area contributed by atoms with Crippen molar-refractivity contribution in [1.29, 1.82) is 0 Å². The molecule has 1 atom stereocenters. The Hall–Kier alpha value is -2.32. The average Bonchev–Trinajstić information content (AvgIpc) is 3.03. The molecule has 27 heavy (non-hydrogen) atoms. The van der Waals surface area contributed by atoms with Crippen LogP contribution in [0.1, 0.15) is 25.2 Å². The number of halogens is 1. The van der Waals surface area contributed by atoms with Gasteiger partial charge in [0.1, 0.15) is 5.82 Å². The number of nitrogens with zero attached hydrogens (tertiary/aromatic N) is 4. The van der Waals surface area contributed by atoms with Gasteiger partial charge in [0.15, 0.2) is 0 Å². The van der Waals surface area contributed by atoms with Gasteiger partial charge in [-0.15, -0.1) is 10.2 Å². The van der Waals surface area contributed by atoms with Gasteiger partial charge in [-0.2, -0.15) is 0 Å². The largest absolute Gasteiger partial charge is 0.419 e. The van der Waals surface area contributed by atoms with Gasteiger partial charge in [-0.1, -0.05) is 6.07 Å². The molecule has 1 N–H and O–H groups in total. The third kappa shape index (κ3) is 3.86. The topological polar surface area (TPSA) is 74.5 Å². The highest BCUT2D eigenvalue weighted by atomic mass is 19.1. The van der Waals surface area contributed by atoms with Crippen LogP contribution in [0, 0.1) is 5.82 Å². The minimum Gasteiger partial charge on any atom is -0.419 e. The lowest BCUT2D eigenvalue weighted by molar-refractivity contribution is -0.121. The molecule has 1 amide bonds. The molecule has 2 aliphatic heterocycles. The predicted molar refractivity (Wildman–Crippen MR) is 97.2 cm³/mol. The van der Waals surface area contributed by atoms with E-state index < -0.39 is 0 Å². The molecule has 7 nitrogen and oxygen atoms in total. The predicted octanol–water partition coefficient (Wildman–Crippen LogP) is 1.66. The molecule has 0 bridgehead atoms. The van der Waals surface area contributed by atoms with Gasteiger partial charge < -0.3 is 9.73 Å². The monoisotopic (exact) mass is 373 g/mol. The highest BCUT2D eigenvalue weighted by Gasteiger charge is 2.41. The van der Waals surface area contributed by atoms with E-state index in [4.69, 9.17) is 4.42 Å². The van der Waals surface area contributed by atoms with Gasteiger partial charge >= 0.3 is 0 Å². The maximum Gasteiger partial charge on any atom is 0.247 e. The lowest BCUT2D eigenvalue weighted by Crippen LogP contribution is -2.60. The molecule has 1 unspecified atom stereocenters. The van der Waals surface area contributed by atoms with Crippen molar-refractivity contribution in [3.63, 3.8) is 0 Å². The summed E-state index contributed by atoms with van der Waals surface area (Å²) in [5, 5.41) is 11.2. The molecule has 0 aliphatic carbocycles. The number of aromatic nitrogens is 2. The number of amides is 1. The minimum absolute atomic E-state index is 0.0111. The molecular weight excluding hydrogens is 349 g/mol. The second kappa shape index (κ2) is 7.36. The Labute approximate surface area is 157 Å². The van der Waals surface area contributed by atoms with Crippen LogP contribution in [-0.4, -0.2) is 64.7 Å². The third-order valence-electron chi connectivity index (χ3n) is 5.71. The van der Waals surface area contributed by atoms with E-state index in [1.807, 2.05) is 0 Å². The summed E-state index contributed by atoms with van der Waals surface area (Å²) in [5.74, 6) is 0.660. The van der Waals surface area contributed by atoms with Crippen LogP contribution in [0.5, 0.6) is 0 Å². The molecule has 8 heteroatoms. The van der Waals surface area contributed by atoms with E-state index in [1.165, 1.54) is 12.1 Å². The molecule has 144 valence electrons. The van der Waals surface area contributed by atoms with Crippen LogP contribution in [0.3, 0.4) is 0 Å². The first kappa shape index (κ1) is 18.1. The fourth-order valence-corrected chi connectivity index (χ4v) is 4.06. The molecule has 0 saturated carbocycles. The maximum absolute atomic E-state index is 13.4. The van der Waals surface area contributed by atoms with E-state index in [2.05, 4.69) is 32.4 Å². The highest BCUT2D eigenvalue weighted by molar-refractivity contribution is 5.76. The Balaban J connectivity index is 1.46. The number of carbonyl (C=O) groups is 1. The first-order valence-electron chi connectivity index (χ1n) is 9.33. The summed E-state index contributed by atoms with van der Waals surface area (Å²) in [5.41, 5.74) is 0.569. The number of piperazine rings is 1. The maximum atomic E-state index is 13.4. The summed E-state index contributed by atoms with van der Waals surface area (Å²) in [7, 11) is 2.14. The quantitative estimate of drug-likeness (QED) is 0.882. The van der Waals surface area contributed by atoms with Crippen molar-refractivity contribution in [1.82, 2.24) is 25.3 Å². The number of carbonyl (C=O) groups excluding carboxylic acids is 1. The standard InChI is InChI=1S/C19H24FN5O2/c1-24-9-10-25(13-19(24)6-5-16(26)21-8-7-19)12-17-22-23-18(27-17)14-3-2-4-15(20)11-14/h2-4,11H,5-10,12-13H2,1H3,(H,21,26). The van der Waals surface area contributed by atoms with Crippen molar-refractivity contribution in [2.24, 2.45) is 0 Å². The summed E-state index contributed by atoms with van der Waals surface area (Å²) in [6.07, 6.45) is 2.34. The van der Waals surface area contributed by atoms with Gasteiger partial charge in [0.05, 0.1) is 6.54 Å². The van der Waals surface area contributed by atoms with Crippen LogP contribution in [0.15, 0.2) is 28.7 Å². The summed E-state index contributed by atoms with van der Waals surface area (Å²) in [6.45, 7) is 3.95. The number of hydrogen-bond donors (Lipinski definition) is 1. The molecule has 2 aliphatic rings. The van der Waals surface area contributed by atoms with Crippen LogP contribution < -0.4 is 5.32 Å². The van der Waals surface area contributed by atoms with E-state index in [9.17, 15) is 9.18 Å². The normalized spacial score (nSPS) is 24.7. The Morgan fingerprint density at radius 3 is 3.04 bits per heavy atom. The van der Waals surface area contributed by atoms with Crippen molar-refractivity contribution in [2.45, 2.75) is 31.3 Å². The Bertz CT molecular complexity index is 826. The number of likely N-dealkylation sites (N-methyl/N-ethyl adjacent to an activating group) is 1. The summed E-state index contributed by atoms with van der Waals surface area (Å²) in [6, 6.07) is 6.15. The van der Waals surface area contributed by atoms with Crippen LogP contribution in [0.25, 0.3) is 11.5 Å². The molecule has 1 aromatic heterocycles. The first-order valence-corrected chi connectivity index (χ1v) is 9.33. The van der Waals surface area contributed by atoms with Crippen molar-refractivity contribution < 1.29 is 13.6 Å². The number of rotatable bonds is 3. The zero-order chi connectivity index (χ0) is 18.9. The fraction of sp³-hybridized carbons (Fsp3) is 0.526. The lowest BCUT2D eigenvalue weighted by atomic mass is 9.86. The van der Waals surface area contributed by atoms with Crippen molar-refractivity contribution in [2.75, 3.05) is 33.2 Å². The van der Waals surface area contributed by atoms with E-state index in [0.29, 0.717) is 36.9 Å². The molecule has 1 aromatic carbocycles. The van der Waals surface area contributed by atoms with Gasteiger partial charge in [-0.3, -0.25) is 14.6 Å². The smallest absolute Gasteiger partial charge is 0.247 e. The fourth-order valence-electron chi connectivity index (χ4n) is 4.06. The molecule has 3 heterocycles. The Morgan fingerprint density at radius 2 is 2.19 bits per heavy atom. The van der Waals surface area contributed by atoms with E-state index >= 15 is 0 Å². The van der Waals surface area contributed by atoms with Gasteiger partial charge in [-0.25, -0.2) is 4.39 Å². The lowest BCUT2D eigenvalue weighted by Gasteiger charge is -2.49. The Morgan fingerprint density at radius 1 is 1.30 bits per heavy atom. The number of benzene rings is 1. The highest BCUT2D eigenvalue weighted by Crippen LogP contribution is 2.31. The first-order chi connectivity index (χ1) is 13.0. The van der Waals surface area contributed by atoms with Gasteiger partial charge in [-0.05, 0) is 38.1 Å². The molecule has 1 spiro atoms. The summed E-state index contributed by atoms with van der Waals surface area (Å²) >= 11 is 0. The molecule has 0 radical (unpaired) electrons. The molecular formula is C19H24FN5O2. The van der Waals surface area contributed by atoms with E-state index in [0.717, 1.165) is 32.5 Å². The zero-order valence-corrected chi connectivity index (χ0v) is 15.4. The van der Waals surface area contributed by atoms with Crippen LogP contribution in [0.2, 0.25) is 0 Å².